The van der Waals surface area contributed by atoms with E-state index in [1.807, 2.05) is 0 Å². The molecule has 4 heteroatoms. The summed E-state index contributed by atoms with van der Waals surface area (Å²) in [6.45, 7) is 1.49. The molecule has 1 heterocycles. The molecule has 0 N–H and O–H groups in total. The lowest BCUT2D eigenvalue weighted by atomic mass is 10.0. The van der Waals surface area contributed by atoms with Crippen molar-refractivity contribution in [2.45, 2.75) is 44.3 Å². The third-order valence-corrected chi connectivity index (χ3v) is 4.15. The van der Waals surface area contributed by atoms with E-state index in [0.29, 0.717) is 0 Å². The predicted molar refractivity (Wildman–Crippen MR) is 71.3 cm³/mol. The molecule has 1 aliphatic heterocycles. The first-order valence-electron chi connectivity index (χ1n) is 6.26. The molecule has 1 aliphatic rings. The smallest absolute Gasteiger partial charge is 0.273 e. The van der Waals surface area contributed by atoms with Crippen LogP contribution in [0.1, 0.15) is 43.4 Å². The van der Waals surface area contributed by atoms with Gasteiger partial charge in [0.25, 0.3) is 5.92 Å². The Morgan fingerprint density at radius 3 is 2.44 bits per heavy atom. The van der Waals surface area contributed by atoms with Gasteiger partial charge in [0.15, 0.2) is 0 Å². The lowest BCUT2D eigenvalue weighted by Crippen LogP contribution is -2.12. The van der Waals surface area contributed by atoms with E-state index in [1.165, 1.54) is 19.1 Å². The highest BCUT2D eigenvalue weighted by atomic mass is 79.9. The van der Waals surface area contributed by atoms with Gasteiger partial charge in [-0.2, -0.15) is 0 Å². The van der Waals surface area contributed by atoms with Gasteiger partial charge in [0.1, 0.15) is 0 Å². The first kappa shape index (κ1) is 13.9. The van der Waals surface area contributed by atoms with Gasteiger partial charge < -0.3 is 4.74 Å². The second-order valence-corrected chi connectivity index (χ2v) is 5.31. The number of alkyl halides is 3. The Morgan fingerprint density at radius 1 is 1.28 bits per heavy atom. The van der Waals surface area contributed by atoms with E-state index in [4.69, 9.17) is 4.74 Å². The molecule has 1 saturated heterocycles. The van der Waals surface area contributed by atoms with Crippen LogP contribution in [0.2, 0.25) is 0 Å². The molecule has 2 rings (SSSR count). The minimum atomic E-state index is -2.73. The summed E-state index contributed by atoms with van der Waals surface area (Å²) in [4.78, 5) is 0. The zero-order valence-electron chi connectivity index (χ0n) is 10.3. The summed E-state index contributed by atoms with van der Waals surface area (Å²) in [7, 11) is 0. The van der Waals surface area contributed by atoms with Gasteiger partial charge >= 0.3 is 0 Å². The van der Waals surface area contributed by atoms with Crippen molar-refractivity contribution < 1.29 is 13.5 Å². The van der Waals surface area contributed by atoms with Crippen LogP contribution in [0.4, 0.5) is 8.78 Å². The number of hydrogen-bond acceptors (Lipinski definition) is 1. The maximum Gasteiger partial charge on any atom is 0.273 e. The molecule has 18 heavy (non-hydrogen) atoms. The van der Waals surface area contributed by atoms with Crippen LogP contribution in [0, 0.1) is 0 Å². The van der Waals surface area contributed by atoms with Crippen LogP contribution in [0.25, 0.3) is 0 Å². The van der Waals surface area contributed by atoms with Crippen LogP contribution in [0.15, 0.2) is 24.3 Å². The van der Waals surface area contributed by atoms with Gasteiger partial charge in [0.2, 0.25) is 0 Å². The Balaban J connectivity index is 2.09. The second kappa shape index (κ2) is 5.66. The molecule has 0 amide bonds. The van der Waals surface area contributed by atoms with Gasteiger partial charge in [-0.25, -0.2) is 8.78 Å². The van der Waals surface area contributed by atoms with E-state index in [1.54, 1.807) is 12.1 Å². The Bertz CT molecular complexity index is 391. The largest absolute Gasteiger partial charge is 0.369 e. The van der Waals surface area contributed by atoms with Crippen LogP contribution in [-0.4, -0.2) is 11.4 Å². The second-order valence-electron chi connectivity index (χ2n) is 4.66. The molecule has 0 saturated carbocycles. The number of rotatable bonds is 4. The first-order chi connectivity index (χ1) is 8.56. The molecule has 100 valence electrons. The monoisotopic (exact) mass is 318 g/mol. The maximum atomic E-state index is 13.5. The summed E-state index contributed by atoms with van der Waals surface area (Å²) in [5, 5.41) is 0.829. The van der Waals surface area contributed by atoms with E-state index in [9.17, 15) is 8.78 Å². The summed E-state index contributed by atoms with van der Waals surface area (Å²) in [6, 6.07) is 6.56. The quantitative estimate of drug-likeness (QED) is 0.724. The van der Waals surface area contributed by atoms with Crippen LogP contribution in [0.5, 0.6) is 0 Å². The predicted octanol–water partition coefficient (Wildman–Crippen LogP) is 4.80. The third-order valence-electron chi connectivity index (χ3n) is 3.43. The van der Waals surface area contributed by atoms with Crippen molar-refractivity contribution in [2.24, 2.45) is 0 Å². The Kier molecular flexibility index (Phi) is 4.38. The summed E-state index contributed by atoms with van der Waals surface area (Å²) >= 11 is 3.40. The molecule has 0 radical (unpaired) electrons. The maximum absolute atomic E-state index is 13.5. The Hall–Kier alpha value is -0.480. The molecule has 0 aromatic heterocycles. The molecule has 1 nitrogen and oxygen atoms in total. The van der Waals surface area contributed by atoms with Crippen molar-refractivity contribution in [1.29, 1.82) is 0 Å². The summed E-state index contributed by atoms with van der Waals surface area (Å²) in [6.07, 6.45) is 2.10. The molecule has 1 aromatic carbocycles. The molecule has 1 fully saturated rings. The van der Waals surface area contributed by atoms with Gasteiger partial charge in [-0.05, 0) is 18.4 Å². The third kappa shape index (κ3) is 2.91. The normalized spacial score (nSPS) is 24.4. The number of benzene rings is 1. The van der Waals surface area contributed by atoms with Crippen molar-refractivity contribution in [2.75, 3.05) is 5.33 Å². The molecule has 2 unspecified atom stereocenters. The lowest BCUT2D eigenvalue weighted by Gasteiger charge is -2.16. The van der Waals surface area contributed by atoms with E-state index >= 15 is 0 Å². The summed E-state index contributed by atoms with van der Waals surface area (Å²) in [5.41, 5.74) is 1.08. The number of hydrogen-bond donors (Lipinski definition) is 0. The highest BCUT2D eigenvalue weighted by Gasteiger charge is 2.30. The van der Waals surface area contributed by atoms with Crippen molar-refractivity contribution in [3.05, 3.63) is 35.4 Å². The van der Waals surface area contributed by atoms with E-state index < -0.39 is 5.92 Å². The molecular weight excluding hydrogens is 302 g/mol. The first-order valence-corrected chi connectivity index (χ1v) is 7.38. The molecule has 0 aliphatic carbocycles. The fraction of sp³-hybridized carbons (Fsp3) is 0.571. The minimum Gasteiger partial charge on any atom is -0.369 e. The van der Waals surface area contributed by atoms with Crippen LogP contribution in [0.3, 0.4) is 0 Å². The van der Waals surface area contributed by atoms with Gasteiger partial charge in [-0.1, -0.05) is 47.1 Å². The zero-order chi connectivity index (χ0) is 13.2. The van der Waals surface area contributed by atoms with E-state index in [2.05, 4.69) is 15.9 Å². The van der Waals surface area contributed by atoms with Crippen LogP contribution < -0.4 is 0 Å². The number of halogens is 3. The van der Waals surface area contributed by atoms with Gasteiger partial charge in [-0.3, -0.25) is 0 Å². The molecule has 1 aromatic rings. The molecular formula is C14H17BrF2O. The fourth-order valence-corrected chi connectivity index (χ4v) is 2.69. The fourth-order valence-electron chi connectivity index (χ4n) is 2.21. The number of ether oxygens (including phenoxy) is 1. The van der Waals surface area contributed by atoms with Crippen molar-refractivity contribution in [1.82, 2.24) is 0 Å². The SMILES string of the molecule is CCC(F)(F)c1ccc(C2CCC(CBr)O2)cc1. The van der Waals surface area contributed by atoms with Gasteiger partial charge in [0.05, 0.1) is 12.2 Å². The lowest BCUT2D eigenvalue weighted by molar-refractivity contribution is -0.00840. The average molecular weight is 319 g/mol. The average Bonchev–Trinajstić information content (AvgIpc) is 2.87. The summed E-state index contributed by atoms with van der Waals surface area (Å²) < 4.78 is 32.8. The minimum absolute atomic E-state index is 0.0526. The summed E-state index contributed by atoms with van der Waals surface area (Å²) in [5.74, 6) is -2.73. The van der Waals surface area contributed by atoms with E-state index in [0.717, 1.165) is 23.7 Å². The zero-order valence-corrected chi connectivity index (χ0v) is 11.9. The highest BCUT2D eigenvalue weighted by Crippen LogP contribution is 2.36. The van der Waals surface area contributed by atoms with Gasteiger partial charge in [0, 0.05) is 17.3 Å². The van der Waals surface area contributed by atoms with E-state index in [-0.39, 0.29) is 24.2 Å². The molecule has 2 atom stereocenters. The van der Waals surface area contributed by atoms with Crippen LogP contribution in [-0.2, 0) is 10.7 Å². The molecule has 0 spiro atoms. The standard InChI is InChI=1S/C14H17BrF2O/c1-2-14(16,17)11-5-3-10(4-6-11)13-8-7-12(9-15)18-13/h3-6,12-13H,2,7-9H2,1H3. The van der Waals surface area contributed by atoms with Crippen LogP contribution >= 0.6 is 15.9 Å². The highest BCUT2D eigenvalue weighted by molar-refractivity contribution is 9.09. The Morgan fingerprint density at radius 2 is 1.94 bits per heavy atom. The van der Waals surface area contributed by atoms with Gasteiger partial charge in [-0.15, -0.1) is 0 Å². The Labute approximate surface area is 115 Å². The van der Waals surface area contributed by atoms with Crippen molar-refractivity contribution in [3.63, 3.8) is 0 Å². The molecule has 0 bridgehead atoms. The van der Waals surface area contributed by atoms with Crippen molar-refractivity contribution >= 4 is 15.9 Å². The topological polar surface area (TPSA) is 9.23 Å². The van der Waals surface area contributed by atoms with Crippen molar-refractivity contribution in [3.8, 4) is 0 Å².